The molecule has 3 unspecified atom stereocenters. The van der Waals surface area contributed by atoms with Gasteiger partial charge in [0.15, 0.2) is 0 Å². The van der Waals surface area contributed by atoms with Gasteiger partial charge in [-0.15, -0.1) is 0 Å². The summed E-state index contributed by atoms with van der Waals surface area (Å²) < 4.78 is 5.80. The number of rotatable bonds is 3. The third-order valence-corrected chi connectivity index (χ3v) is 5.99. The lowest BCUT2D eigenvalue weighted by molar-refractivity contribution is -0.161. The fraction of sp³-hybridized carbons (Fsp3) is 0.933. The Balaban J connectivity index is 2.08. The number of esters is 1. The summed E-state index contributed by atoms with van der Waals surface area (Å²) in [6.07, 6.45) is 4.61. The summed E-state index contributed by atoms with van der Waals surface area (Å²) in [5.41, 5.74) is 0.522. The Bertz CT molecular complexity index is 321. The molecule has 2 aliphatic rings. The Hall–Kier alpha value is -0.530. The number of fused-ring (bicyclic) bond motifs is 2. The van der Waals surface area contributed by atoms with Crippen molar-refractivity contribution in [2.24, 2.45) is 22.7 Å². The van der Waals surface area contributed by atoms with Crippen LogP contribution >= 0.6 is 0 Å². The molecule has 0 aliphatic heterocycles. The van der Waals surface area contributed by atoms with Crippen molar-refractivity contribution in [2.45, 2.75) is 66.4 Å². The standard InChI is InChI=1S/C15H26O2/c1-6-10(2)13(16)17-12-9-11-7-8-15(12,5)14(11,3)4/h10-12H,6-9H2,1-5H3/t10?,11?,12-,15?/m1/s1. The van der Waals surface area contributed by atoms with E-state index < -0.39 is 0 Å². The third-order valence-electron chi connectivity index (χ3n) is 5.99. The Morgan fingerprint density at radius 1 is 1.41 bits per heavy atom. The third kappa shape index (κ3) is 1.71. The molecule has 0 aromatic heterocycles. The summed E-state index contributed by atoms with van der Waals surface area (Å²) >= 11 is 0. The normalized spacial score (nSPS) is 40.3. The molecule has 0 spiro atoms. The smallest absolute Gasteiger partial charge is 0.308 e. The van der Waals surface area contributed by atoms with Crippen LogP contribution < -0.4 is 0 Å². The van der Waals surface area contributed by atoms with Gasteiger partial charge in [-0.3, -0.25) is 4.79 Å². The molecule has 0 saturated heterocycles. The highest BCUT2D eigenvalue weighted by molar-refractivity contribution is 5.72. The number of hydrogen-bond donors (Lipinski definition) is 0. The molecule has 2 fully saturated rings. The van der Waals surface area contributed by atoms with Crippen molar-refractivity contribution in [3.05, 3.63) is 0 Å². The topological polar surface area (TPSA) is 26.3 Å². The zero-order chi connectivity index (χ0) is 12.8. The molecule has 2 saturated carbocycles. The number of hydrogen-bond acceptors (Lipinski definition) is 2. The van der Waals surface area contributed by atoms with Gasteiger partial charge in [-0.05, 0) is 37.0 Å². The van der Waals surface area contributed by atoms with Gasteiger partial charge in [0.2, 0.25) is 0 Å². The van der Waals surface area contributed by atoms with E-state index in [1.165, 1.54) is 12.8 Å². The van der Waals surface area contributed by atoms with Gasteiger partial charge < -0.3 is 4.74 Å². The minimum absolute atomic E-state index is 0.00192. The maximum absolute atomic E-state index is 11.9. The molecule has 2 heteroatoms. The van der Waals surface area contributed by atoms with E-state index in [1.807, 2.05) is 13.8 Å². The SMILES string of the molecule is CCC(C)C(=O)O[C@@H]1CC2CCC1(C)C2(C)C. The van der Waals surface area contributed by atoms with Crippen molar-refractivity contribution in [1.29, 1.82) is 0 Å². The Morgan fingerprint density at radius 3 is 2.47 bits per heavy atom. The van der Waals surface area contributed by atoms with Crippen LogP contribution in [0.2, 0.25) is 0 Å². The van der Waals surface area contributed by atoms with Crippen LogP contribution in [-0.4, -0.2) is 12.1 Å². The lowest BCUT2D eigenvalue weighted by Crippen LogP contribution is -2.39. The second kappa shape index (κ2) is 4.00. The van der Waals surface area contributed by atoms with E-state index in [4.69, 9.17) is 4.74 Å². The van der Waals surface area contributed by atoms with Crippen LogP contribution in [0.15, 0.2) is 0 Å². The first-order chi connectivity index (χ1) is 7.83. The molecule has 2 nitrogen and oxygen atoms in total. The molecule has 0 aromatic carbocycles. The highest BCUT2D eigenvalue weighted by atomic mass is 16.5. The van der Waals surface area contributed by atoms with Gasteiger partial charge in [-0.25, -0.2) is 0 Å². The predicted molar refractivity (Wildman–Crippen MR) is 68.6 cm³/mol. The van der Waals surface area contributed by atoms with Crippen molar-refractivity contribution >= 4 is 5.97 Å². The summed E-state index contributed by atoms with van der Waals surface area (Å²) in [6.45, 7) is 11.0. The first-order valence-corrected chi connectivity index (χ1v) is 7.03. The summed E-state index contributed by atoms with van der Waals surface area (Å²) in [5.74, 6) is 0.783. The van der Waals surface area contributed by atoms with E-state index in [0.29, 0.717) is 5.41 Å². The highest BCUT2D eigenvalue weighted by Gasteiger charge is 2.62. The van der Waals surface area contributed by atoms with Crippen LogP contribution in [0.25, 0.3) is 0 Å². The molecule has 0 heterocycles. The average Bonchev–Trinajstić information content (AvgIpc) is 2.60. The molecule has 17 heavy (non-hydrogen) atoms. The lowest BCUT2D eigenvalue weighted by Gasteiger charge is -2.38. The molecule has 2 aliphatic carbocycles. The number of ether oxygens (including phenoxy) is 1. The fourth-order valence-corrected chi connectivity index (χ4v) is 3.73. The molecule has 0 N–H and O–H groups in total. The Morgan fingerprint density at radius 2 is 2.06 bits per heavy atom. The van der Waals surface area contributed by atoms with Gasteiger partial charge >= 0.3 is 5.97 Å². The quantitative estimate of drug-likeness (QED) is 0.699. The minimum Gasteiger partial charge on any atom is -0.462 e. The molecule has 2 bridgehead atoms. The van der Waals surface area contributed by atoms with Gasteiger partial charge in [0.05, 0.1) is 5.92 Å². The largest absolute Gasteiger partial charge is 0.462 e. The fourth-order valence-electron chi connectivity index (χ4n) is 3.73. The van der Waals surface area contributed by atoms with Crippen molar-refractivity contribution < 1.29 is 9.53 Å². The summed E-state index contributed by atoms with van der Waals surface area (Å²) in [6, 6.07) is 0. The van der Waals surface area contributed by atoms with Crippen molar-refractivity contribution in [1.82, 2.24) is 0 Å². The molecule has 4 atom stereocenters. The molecule has 0 aromatic rings. The highest BCUT2D eigenvalue weighted by Crippen LogP contribution is 2.66. The van der Waals surface area contributed by atoms with E-state index in [0.717, 1.165) is 18.8 Å². The monoisotopic (exact) mass is 238 g/mol. The van der Waals surface area contributed by atoms with Crippen LogP contribution in [0.4, 0.5) is 0 Å². The van der Waals surface area contributed by atoms with Gasteiger partial charge in [0.1, 0.15) is 6.10 Å². The van der Waals surface area contributed by atoms with Gasteiger partial charge in [-0.2, -0.15) is 0 Å². The van der Waals surface area contributed by atoms with E-state index in [-0.39, 0.29) is 23.4 Å². The Labute approximate surface area is 105 Å². The molecular weight excluding hydrogens is 212 g/mol. The summed E-state index contributed by atoms with van der Waals surface area (Å²) in [7, 11) is 0. The zero-order valence-corrected chi connectivity index (χ0v) is 11.9. The van der Waals surface area contributed by atoms with Crippen molar-refractivity contribution in [3.8, 4) is 0 Å². The predicted octanol–water partition coefficient (Wildman–Crippen LogP) is 3.79. The van der Waals surface area contributed by atoms with Gasteiger partial charge in [-0.1, -0.05) is 34.6 Å². The first kappa shape index (κ1) is 12.9. The van der Waals surface area contributed by atoms with Crippen LogP contribution in [0.5, 0.6) is 0 Å². The van der Waals surface area contributed by atoms with E-state index in [9.17, 15) is 4.79 Å². The summed E-state index contributed by atoms with van der Waals surface area (Å²) in [4.78, 5) is 11.9. The van der Waals surface area contributed by atoms with E-state index >= 15 is 0 Å². The molecule has 98 valence electrons. The van der Waals surface area contributed by atoms with E-state index in [1.54, 1.807) is 0 Å². The average molecular weight is 238 g/mol. The van der Waals surface area contributed by atoms with Crippen LogP contribution in [0.1, 0.15) is 60.3 Å². The lowest BCUT2D eigenvalue weighted by atomic mass is 9.70. The maximum atomic E-state index is 11.9. The molecule has 0 radical (unpaired) electrons. The van der Waals surface area contributed by atoms with Crippen LogP contribution in [-0.2, 0) is 9.53 Å². The molecule has 0 amide bonds. The summed E-state index contributed by atoms with van der Waals surface area (Å²) in [5, 5.41) is 0. The van der Waals surface area contributed by atoms with Gasteiger partial charge in [0, 0.05) is 5.41 Å². The second-order valence-corrected chi connectivity index (χ2v) is 6.85. The zero-order valence-electron chi connectivity index (χ0n) is 11.9. The van der Waals surface area contributed by atoms with Crippen LogP contribution in [0, 0.1) is 22.7 Å². The minimum atomic E-state index is 0.00192. The van der Waals surface area contributed by atoms with Crippen molar-refractivity contribution in [3.63, 3.8) is 0 Å². The number of carbonyl (C=O) groups excluding carboxylic acids is 1. The first-order valence-electron chi connectivity index (χ1n) is 7.03. The Kier molecular flexibility index (Phi) is 3.04. The molecular formula is C15H26O2. The van der Waals surface area contributed by atoms with Crippen LogP contribution in [0.3, 0.4) is 0 Å². The number of carbonyl (C=O) groups is 1. The van der Waals surface area contributed by atoms with Crippen molar-refractivity contribution in [2.75, 3.05) is 0 Å². The molecule has 2 rings (SSSR count). The second-order valence-electron chi connectivity index (χ2n) is 6.85. The van der Waals surface area contributed by atoms with E-state index in [2.05, 4.69) is 20.8 Å². The maximum Gasteiger partial charge on any atom is 0.308 e. The van der Waals surface area contributed by atoms with Gasteiger partial charge in [0.25, 0.3) is 0 Å².